The number of ketones is 1. The summed E-state index contributed by atoms with van der Waals surface area (Å²) in [6, 6.07) is 12.7. The summed E-state index contributed by atoms with van der Waals surface area (Å²) in [6.45, 7) is 1.89. The fraction of sp³-hybridized carbons (Fsp3) is 0.105. The molecule has 2 N–H and O–H groups in total. The lowest BCUT2D eigenvalue weighted by Crippen LogP contribution is -1.95. The number of ether oxygens (including phenoxy) is 1. The number of phenols is 1. The van der Waals surface area contributed by atoms with Gasteiger partial charge in [-0.1, -0.05) is 30.3 Å². The lowest BCUT2D eigenvalue weighted by Gasteiger charge is -2.03. The van der Waals surface area contributed by atoms with Gasteiger partial charge in [0.2, 0.25) is 0 Å². The van der Waals surface area contributed by atoms with Crippen LogP contribution in [-0.4, -0.2) is 23.0 Å². The van der Waals surface area contributed by atoms with Gasteiger partial charge in [0.1, 0.15) is 0 Å². The topological polar surface area (TPSA) is 62.3 Å². The van der Waals surface area contributed by atoms with Crippen LogP contribution in [0.1, 0.15) is 21.6 Å². The molecule has 1 heterocycles. The summed E-state index contributed by atoms with van der Waals surface area (Å²) in [5, 5.41) is 10.7. The van der Waals surface area contributed by atoms with Crippen LogP contribution in [0.5, 0.6) is 11.5 Å². The van der Waals surface area contributed by atoms with Crippen molar-refractivity contribution in [2.45, 2.75) is 6.92 Å². The number of nitrogens with one attached hydrogen (secondary N) is 1. The van der Waals surface area contributed by atoms with E-state index in [0.717, 1.165) is 22.2 Å². The molecule has 0 saturated carbocycles. The summed E-state index contributed by atoms with van der Waals surface area (Å²) >= 11 is 0. The molecule has 4 heteroatoms. The van der Waals surface area contributed by atoms with Crippen molar-refractivity contribution in [3.8, 4) is 11.5 Å². The molecular formula is C19H17NO3. The Morgan fingerprint density at radius 3 is 2.74 bits per heavy atom. The molecule has 0 bridgehead atoms. The molecule has 0 atom stereocenters. The molecule has 0 aliphatic rings. The van der Waals surface area contributed by atoms with Crippen molar-refractivity contribution >= 4 is 22.8 Å². The first kappa shape index (κ1) is 14.9. The summed E-state index contributed by atoms with van der Waals surface area (Å²) in [5.41, 5.74) is 3.20. The molecule has 0 fully saturated rings. The van der Waals surface area contributed by atoms with Gasteiger partial charge in [-0.15, -0.1) is 0 Å². The Labute approximate surface area is 134 Å². The number of aryl methyl sites for hydroxylation is 1. The minimum atomic E-state index is -0.0738. The van der Waals surface area contributed by atoms with Crippen LogP contribution in [0.2, 0.25) is 0 Å². The average molecular weight is 307 g/mol. The van der Waals surface area contributed by atoms with Crippen LogP contribution in [0.15, 0.2) is 48.5 Å². The van der Waals surface area contributed by atoms with E-state index in [2.05, 4.69) is 4.98 Å². The Balaban J connectivity index is 1.91. The Kier molecular flexibility index (Phi) is 3.89. The van der Waals surface area contributed by atoms with E-state index in [1.165, 1.54) is 13.2 Å². The Morgan fingerprint density at radius 1 is 1.22 bits per heavy atom. The Hall–Kier alpha value is -3.01. The van der Waals surface area contributed by atoms with Crippen molar-refractivity contribution in [2.24, 2.45) is 0 Å². The summed E-state index contributed by atoms with van der Waals surface area (Å²) in [7, 11) is 1.49. The number of allylic oxidation sites excluding steroid dienone is 1. The Morgan fingerprint density at radius 2 is 2.00 bits per heavy atom. The van der Waals surface area contributed by atoms with E-state index in [1.807, 2.05) is 31.2 Å². The molecule has 116 valence electrons. The fourth-order valence-corrected chi connectivity index (χ4v) is 2.66. The van der Waals surface area contributed by atoms with E-state index in [1.54, 1.807) is 24.3 Å². The zero-order valence-corrected chi connectivity index (χ0v) is 13.0. The molecule has 2 aromatic carbocycles. The van der Waals surface area contributed by atoms with Gasteiger partial charge in [-0.3, -0.25) is 4.79 Å². The van der Waals surface area contributed by atoms with Gasteiger partial charge in [0.25, 0.3) is 0 Å². The highest BCUT2D eigenvalue weighted by Gasteiger charge is 2.13. The lowest BCUT2D eigenvalue weighted by molar-refractivity contribution is 0.104. The monoisotopic (exact) mass is 307 g/mol. The van der Waals surface area contributed by atoms with E-state index >= 15 is 0 Å². The second kappa shape index (κ2) is 6.01. The molecule has 3 rings (SSSR count). The SMILES string of the molecule is COc1ccc(/C=C/C(=O)c2c(C)[nH]c3ccccc23)cc1O. The van der Waals surface area contributed by atoms with Crippen molar-refractivity contribution in [3.63, 3.8) is 0 Å². The molecule has 0 spiro atoms. The number of fused-ring (bicyclic) bond motifs is 1. The number of aromatic hydroxyl groups is 1. The first-order valence-corrected chi connectivity index (χ1v) is 7.27. The van der Waals surface area contributed by atoms with Gasteiger partial charge in [-0.05, 0) is 36.8 Å². The number of hydrogen-bond acceptors (Lipinski definition) is 3. The number of methoxy groups -OCH3 is 1. The van der Waals surface area contributed by atoms with Crippen LogP contribution in [0.25, 0.3) is 17.0 Å². The minimum Gasteiger partial charge on any atom is -0.504 e. The number of phenolic OH excluding ortho intramolecular Hbond substituents is 1. The number of para-hydroxylation sites is 1. The summed E-state index contributed by atoms with van der Waals surface area (Å²) < 4.78 is 5.00. The number of carbonyl (C=O) groups is 1. The Bertz CT molecular complexity index is 906. The van der Waals surface area contributed by atoms with Crippen molar-refractivity contribution in [3.05, 3.63) is 65.4 Å². The quantitative estimate of drug-likeness (QED) is 0.564. The largest absolute Gasteiger partial charge is 0.504 e. The van der Waals surface area contributed by atoms with Crippen molar-refractivity contribution in [2.75, 3.05) is 7.11 Å². The first-order valence-electron chi connectivity index (χ1n) is 7.27. The third kappa shape index (κ3) is 2.83. The van der Waals surface area contributed by atoms with Gasteiger partial charge in [0, 0.05) is 16.6 Å². The molecule has 1 aromatic heterocycles. The normalized spacial score (nSPS) is 11.2. The van der Waals surface area contributed by atoms with Gasteiger partial charge in [0.05, 0.1) is 12.7 Å². The van der Waals surface area contributed by atoms with E-state index in [9.17, 15) is 9.90 Å². The number of hydrogen-bond donors (Lipinski definition) is 2. The van der Waals surface area contributed by atoms with Crippen LogP contribution in [0.4, 0.5) is 0 Å². The molecular weight excluding hydrogens is 290 g/mol. The molecule has 0 aliphatic heterocycles. The van der Waals surface area contributed by atoms with Crippen LogP contribution < -0.4 is 4.74 Å². The standard InChI is InChI=1S/C19H17NO3/c1-12-19(14-5-3-4-6-15(14)20-12)16(21)9-7-13-8-10-18(23-2)17(22)11-13/h3-11,20,22H,1-2H3/b9-7+. The number of aromatic nitrogens is 1. The lowest BCUT2D eigenvalue weighted by atomic mass is 10.1. The summed E-state index contributed by atoms with van der Waals surface area (Å²) in [5.74, 6) is 0.376. The van der Waals surface area contributed by atoms with Crippen LogP contribution in [0, 0.1) is 6.92 Å². The van der Waals surface area contributed by atoms with Crippen LogP contribution >= 0.6 is 0 Å². The summed E-state index contributed by atoms with van der Waals surface area (Å²) in [6.07, 6.45) is 3.20. The van der Waals surface area contributed by atoms with E-state index in [4.69, 9.17) is 4.74 Å². The average Bonchev–Trinajstić information content (AvgIpc) is 2.88. The number of aromatic amines is 1. The fourth-order valence-electron chi connectivity index (χ4n) is 2.66. The molecule has 0 amide bonds. The second-order valence-corrected chi connectivity index (χ2v) is 5.30. The van der Waals surface area contributed by atoms with Gasteiger partial charge < -0.3 is 14.8 Å². The maximum Gasteiger partial charge on any atom is 0.188 e. The summed E-state index contributed by atoms with van der Waals surface area (Å²) in [4.78, 5) is 15.7. The second-order valence-electron chi connectivity index (χ2n) is 5.30. The first-order chi connectivity index (χ1) is 11.1. The minimum absolute atomic E-state index is 0.0466. The van der Waals surface area contributed by atoms with Gasteiger partial charge >= 0.3 is 0 Å². The van der Waals surface area contributed by atoms with E-state index in [0.29, 0.717) is 11.3 Å². The van der Waals surface area contributed by atoms with E-state index in [-0.39, 0.29) is 11.5 Å². The molecule has 0 unspecified atom stereocenters. The highest BCUT2D eigenvalue weighted by molar-refractivity contribution is 6.15. The molecule has 23 heavy (non-hydrogen) atoms. The molecule has 0 aliphatic carbocycles. The highest BCUT2D eigenvalue weighted by Crippen LogP contribution is 2.27. The van der Waals surface area contributed by atoms with Gasteiger partial charge in [-0.25, -0.2) is 0 Å². The molecule has 0 radical (unpaired) electrons. The molecule has 0 saturated heterocycles. The third-order valence-electron chi connectivity index (χ3n) is 3.77. The van der Waals surface area contributed by atoms with Crippen molar-refractivity contribution < 1.29 is 14.6 Å². The van der Waals surface area contributed by atoms with Crippen molar-refractivity contribution in [1.82, 2.24) is 4.98 Å². The number of rotatable bonds is 4. The molecule has 4 nitrogen and oxygen atoms in total. The predicted octanol–water partition coefficient (Wildman–Crippen LogP) is 4.09. The van der Waals surface area contributed by atoms with Crippen molar-refractivity contribution in [1.29, 1.82) is 0 Å². The number of carbonyl (C=O) groups excluding carboxylic acids is 1. The van der Waals surface area contributed by atoms with Crippen LogP contribution in [-0.2, 0) is 0 Å². The molecule has 3 aromatic rings. The van der Waals surface area contributed by atoms with E-state index < -0.39 is 0 Å². The predicted molar refractivity (Wildman–Crippen MR) is 91.1 cm³/mol. The zero-order chi connectivity index (χ0) is 16.4. The smallest absolute Gasteiger partial charge is 0.188 e. The van der Waals surface area contributed by atoms with Gasteiger partial charge in [0.15, 0.2) is 17.3 Å². The van der Waals surface area contributed by atoms with Gasteiger partial charge in [-0.2, -0.15) is 0 Å². The zero-order valence-electron chi connectivity index (χ0n) is 13.0. The third-order valence-corrected chi connectivity index (χ3v) is 3.77. The number of benzene rings is 2. The highest BCUT2D eigenvalue weighted by atomic mass is 16.5. The maximum absolute atomic E-state index is 12.5. The van der Waals surface area contributed by atoms with Crippen LogP contribution in [0.3, 0.4) is 0 Å². The number of H-pyrrole nitrogens is 1. The maximum atomic E-state index is 12.5.